The zero-order chi connectivity index (χ0) is 19.9. The van der Waals surface area contributed by atoms with Gasteiger partial charge in [0.1, 0.15) is 0 Å². The zero-order valence-electron chi connectivity index (χ0n) is 14.0. The third-order valence-electron chi connectivity index (χ3n) is 3.06. The number of carboxylic acids is 1. The molecule has 0 aliphatic heterocycles. The average Bonchev–Trinajstić information content (AvgIpc) is 2.55. The van der Waals surface area contributed by atoms with Crippen molar-refractivity contribution in [2.24, 2.45) is 0 Å². The predicted octanol–water partition coefficient (Wildman–Crippen LogP) is 1.97. The van der Waals surface area contributed by atoms with Crippen LogP contribution in [0.2, 0.25) is 0 Å². The summed E-state index contributed by atoms with van der Waals surface area (Å²) in [5.74, 6) is -4.29. The molecule has 26 heavy (non-hydrogen) atoms. The summed E-state index contributed by atoms with van der Waals surface area (Å²) in [5.41, 5.74) is 0.406. The van der Waals surface area contributed by atoms with Crippen LogP contribution < -0.4 is 4.90 Å². The van der Waals surface area contributed by atoms with Crippen molar-refractivity contribution in [1.82, 2.24) is 0 Å². The van der Waals surface area contributed by atoms with Gasteiger partial charge in [-0.25, -0.2) is 4.79 Å². The van der Waals surface area contributed by atoms with E-state index in [9.17, 15) is 24.3 Å². The highest BCUT2D eigenvalue weighted by molar-refractivity contribution is 9.10. The Morgan fingerprint density at radius 3 is 2.00 bits per heavy atom. The van der Waals surface area contributed by atoms with Gasteiger partial charge in [0.15, 0.2) is 0 Å². The van der Waals surface area contributed by atoms with E-state index in [1.54, 1.807) is 24.3 Å². The molecule has 142 valence electrons. The minimum absolute atomic E-state index is 0.0200. The van der Waals surface area contributed by atoms with E-state index in [-0.39, 0.29) is 12.4 Å². The highest BCUT2D eigenvalue weighted by atomic mass is 79.9. The van der Waals surface area contributed by atoms with Gasteiger partial charge >= 0.3 is 17.9 Å². The zero-order valence-corrected chi connectivity index (χ0v) is 16.3. The molecule has 2 atom stereocenters. The lowest BCUT2D eigenvalue weighted by atomic mass is 10.1. The Bertz CT molecular complexity index is 680. The van der Waals surface area contributed by atoms with Crippen LogP contribution in [0.5, 0.6) is 0 Å². The van der Waals surface area contributed by atoms with Crippen LogP contribution in [-0.2, 0) is 28.7 Å². The normalized spacial score (nSPS) is 12.6. The topological polar surface area (TPSA) is 110 Å². The second-order valence-corrected chi connectivity index (χ2v) is 6.35. The maximum absolute atomic E-state index is 12.9. The van der Waals surface area contributed by atoms with Gasteiger partial charge in [0.25, 0.3) is 5.91 Å². The molecule has 1 aromatic rings. The van der Waals surface area contributed by atoms with Gasteiger partial charge < -0.3 is 19.5 Å². The summed E-state index contributed by atoms with van der Waals surface area (Å²) in [4.78, 5) is 48.1. The Balaban J connectivity index is 3.28. The molecule has 10 heteroatoms. The smallest absolute Gasteiger partial charge is 0.349 e. The van der Waals surface area contributed by atoms with E-state index < -0.39 is 36.0 Å². The fourth-order valence-corrected chi connectivity index (χ4v) is 2.50. The van der Waals surface area contributed by atoms with E-state index in [0.29, 0.717) is 5.69 Å². The summed E-state index contributed by atoms with van der Waals surface area (Å²) in [6.07, 6.45) is -3.85. The lowest BCUT2D eigenvalue weighted by Crippen LogP contribution is -2.52. The number of alkyl halides is 1. The molecule has 0 bridgehead atoms. The molecule has 1 rings (SSSR count). The van der Waals surface area contributed by atoms with E-state index in [0.717, 1.165) is 23.2 Å². The van der Waals surface area contributed by atoms with Crippen LogP contribution >= 0.6 is 27.5 Å². The van der Waals surface area contributed by atoms with Gasteiger partial charge in [-0.2, -0.15) is 0 Å². The fraction of sp³-hybridized carbons (Fsp3) is 0.375. The van der Waals surface area contributed by atoms with E-state index >= 15 is 0 Å². The van der Waals surface area contributed by atoms with Gasteiger partial charge in [0.05, 0.1) is 0 Å². The molecule has 0 unspecified atom stereocenters. The largest absolute Gasteiger partial charge is 0.478 e. The molecule has 1 aromatic carbocycles. The van der Waals surface area contributed by atoms with Crippen molar-refractivity contribution in [3.63, 3.8) is 0 Å². The molecule has 0 aliphatic carbocycles. The Hall–Kier alpha value is -2.13. The molecule has 0 radical (unpaired) electrons. The average molecular weight is 451 g/mol. The van der Waals surface area contributed by atoms with Crippen molar-refractivity contribution in [3.8, 4) is 0 Å². The van der Waals surface area contributed by atoms with Gasteiger partial charge in [-0.15, -0.1) is 11.6 Å². The maximum atomic E-state index is 12.9. The van der Waals surface area contributed by atoms with Gasteiger partial charge in [-0.05, 0) is 24.3 Å². The molecular weight excluding hydrogens is 434 g/mol. The molecule has 0 aliphatic rings. The van der Waals surface area contributed by atoms with E-state index in [1.807, 2.05) is 0 Å². The Labute approximate surface area is 163 Å². The van der Waals surface area contributed by atoms with Crippen molar-refractivity contribution in [1.29, 1.82) is 0 Å². The number of nitrogens with zero attached hydrogens (tertiary/aromatic N) is 1. The minimum atomic E-state index is -1.99. The molecule has 0 saturated carbocycles. The molecule has 8 nitrogen and oxygen atoms in total. The predicted molar refractivity (Wildman–Crippen MR) is 96.0 cm³/mol. The van der Waals surface area contributed by atoms with Crippen LogP contribution in [0.15, 0.2) is 28.7 Å². The number of benzene rings is 1. The summed E-state index contributed by atoms with van der Waals surface area (Å²) < 4.78 is 10.3. The molecule has 1 amide bonds. The molecule has 0 heterocycles. The van der Waals surface area contributed by atoms with E-state index in [2.05, 4.69) is 20.7 Å². The molecule has 1 N–H and O–H groups in total. The molecule has 0 spiro atoms. The van der Waals surface area contributed by atoms with Gasteiger partial charge in [-0.1, -0.05) is 15.9 Å². The van der Waals surface area contributed by atoms with Crippen LogP contribution in [0.1, 0.15) is 13.8 Å². The minimum Gasteiger partial charge on any atom is -0.478 e. The Kier molecular flexibility index (Phi) is 8.53. The maximum Gasteiger partial charge on any atom is 0.349 e. The highest BCUT2D eigenvalue weighted by Crippen LogP contribution is 2.21. The van der Waals surface area contributed by atoms with E-state index in [4.69, 9.17) is 16.3 Å². The van der Waals surface area contributed by atoms with Crippen molar-refractivity contribution < 1.29 is 33.8 Å². The monoisotopic (exact) mass is 449 g/mol. The number of halogens is 2. The Morgan fingerprint density at radius 2 is 1.58 bits per heavy atom. The summed E-state index contributed by atoms with van der Waals surface area (Å²) >= 11 is 9.01. The van der Waals surface area contributed by atoms with Gasteiger partial charge in [0.2, 0.25) is 12.2 Å². The number of ether oxygens (including phenoxy) is 2. The second kappa shape index (κ2) is 10.1. The van der Waals surface area contributed by atoms with Crippen LogP contribution in [-0.4, -0.2) is 53.6 Å². The first kappa shape index (κ1) is 21.9. The molecular formula is C16H17BrClNO7. The number of carboxylic acid groups (broad SMARTS) is 1. The molecule has 0 saturated heterocycles. The second-order valence-electron chi connectivity index (χ2n) is 5.05. The first-order valence-corrected chi connectivity index (χ1v) is 8.70. The number of esters is 2. The van der Waals surface area contributed by atoms with Gasteiger partial charge in [0, 0.05) is 36.4 Å². The van der Waals surface area contributed by atoms with Gasteiger partial charge in [-0.3, -0.25) is 14.4 Å². The number of amides is 1. The number of hydrogen-bond donors (Lipinski definition) is 1. The summed E-state index contributed by atoms with van der Waals surface area (Å²) in [7, 11) is 0. The van der Waals surface area contributed by atoms with Crippen molar-refractivity contribution in [3.05, 3.63) is 28.7 Å². The Morgan fingerprint density at radius 1 is 1.08 bits per heavy atom. The number of carbonyl (C=O) groups excluding carboxylic acids is 3. The van der Waals surface area contributed by atoms with Crippen molar-refractivity contribution in [2.75, 3.05) is 17.3 Å². The number of anilines is 1. The molecule has 0 aromatic heterocycles. The third kappa shape index (κ3) is 6.30. The quantitative estimate of drug-likeness (QED) is 0.476. The summed E-state index contributed by atoms with van der Waals surface area (Å²) in [5, 5.41) is 9.30. The summed E-state index contributed by atoms with van der Waals surface area (Å²) in [6.45, 7) is 2.02. The van der Waals surface area contributed by atoms with Crippen molar-refractivity contribution >= 4 is 57.0 Å². The molecule has 0 fully saturated rings. The lowest BCUT2D eigenvalue weighted by Gasteiger charge is -2.29. The van der Waals surface area contributed by atoms with Crippen LogP contribution in [0.25, 0.3) is 0 Å². The number of aliphatic carboxylic acids is 1. The number of carbonyl (C=O) groups is 4. The standard InChI is InChI=1S/C16H17BrClNO7/c1-9(20)25-13(14(16(23)24)26-10(2)21)15(22)19(8-7-18)12-5-3-11(17)4-6-12/h3-6,13-14H,7-8H2,1-2H3,(H,23,24)/t13-,14-/m1/s1. The third-order valence-corrected chi connectivity index (χ3v) is 3.76. The van der Waals surface area contributed by atoms with Crippen LogP contribution in [0.3, 0.4) is 0 Å². The fourth-order valence-electron chi connectivity index (χ4n) is 2.07. The first-order valence-electron chi connectivity index (χ1n) is 7.37. The number of rotatable bonds is 8. The number of hydrogen-bond acceptors (Lipinski definition) is 6. The van der Waals surface area contributed by atoms with Crippen LogP contribution in [0.4, 0.5) is 5.69 Å². The summed E-state index contributed by atoms with van der Waals surface area (Å²) in [6, 6.07) is 6.54. The van der Waals surface area contributed by atoms with E-state index in [1.165, 1.54) is 0 Å². The SMILES string of the molecule is CC(=O)O[C@@H](C(=O)O)[C@@H](OC(C)=O)C(=O)N(CCCl)c1ccc(Br)cc1. The highest BCUT2D eigenvalue weighted by Gasteiger charge is 2.41. The van der Waals surface area contributed by atoms with Crippen molar-refractivity contribution in [2.45, 2.75) is 26.1 Å². The first-order chi connectivity index (χ1) is 12.2. The lowest BCUT2D eigenvalue weighted by molar-refractivity contribution is -0.180. The van der Waals surface area contributed by atoms with Crippen LogP contribution in [0, 0.1) is 0 Å².